The number of guanidine groups is 1. The number of halogens is 1. The van der Waals surface area contributed by atoms with E-state index in [2.05, 4.69) is 37.8 Å². The highest BCUT2D eigenvalue weighted by Gasteiger charge is 2.18. The zero-order valence-corrected chi connectivity index (χ0v) is 16.5. The first-order valence-corrected chi connectivity index (χ1v) is 9.09. The largest absolute Gasteiger partial charge is 0.859 e. The second kappa shape index (κ2) is 7.36. The zero-order valence-electron chi connectivity index (χ0n) is 15.8. The smallest absolute Gasteiger partial charge is 0.221 e. The molecule has 3 aromatic rings. The van der Waals surface area contributed by atoms with E-state index < -0.39 is 0 Å². The molecule has 0 fully saturated rings. The minimum absolute atomic E-state index is 0.342. The Bertz CT molecular complexity index is 1200. The maximum atomic E-state index is 11.5. The lowest BCUT2D eigenvalue weighted by Crippen LogP contribution is -2.43. The highest BCUT2D eigenvalue weighted by Crippen LogP contribution is 2.30. The van der Waals surface area contributed by atoms with Gasteiger partial charge in [0, 0.05) is 24.8 Å². The first kappa shape index (κ1) is 18.6. The number of rotatable bonds is 4. The number of benzene rings is 1. The van der Waals surface area contributed by atoms with Crippen LogP contribution >= 0.6 is 11.6 Å². The molecule has 0 aliphatic carbocycles. The lowest BCUT2D eigenvalue weighted by atomic mass is 10.2. The van der Waals surface area contributed by atoms with Crippen LogP contribution in [-0.2, 0) is 7.05 Å². The highest BCUT2D eigenvalue weighted by atomic mass is 35.5. The number of nitrogens with zero attached hydrogens (tertiary/aromatic N) is 5. The van der Waals surface area contributed by atoms with Crippen LogP contribution in [0.1, 0.15) is 5.56 Å². The number of fused-ring (bicyclic) bond motifs is 1. The van der Waals surface area contributed by atoms with Crippen molar-refractivity contribution in [2.45, 2.75) is 6.92 Å². The molecule has 9 nitrogen and oxygen atoms in total. The average molecular weight is 410 g/mol. The molecule has 0 bridgehead atoms. The molecule has 0 saturated heterocycles. The van der Waals surface area contributed by atoms with Gasteiger partial charge in [0.2, 0.25) is 5.96 Å². The van der Waals surface area contributed by atoms with E-state index in [1.54, 1.807) is 16.9 Å². The quantitative estimate of drug-likeness (QED) is 0.348. The Balaban J connectivity index is 1.73. The third kappa shape index (κ3) is 3.67. The van der Waals surface area contributed by atoms with E-state index in [-0.39, 0.29) is 5.90 Å². The Kier molecular flexibility index (Phi) is 4.73. The number of hydrazine groups is 1. The summed E-state index contributed by atoms with van der Waals surface area (Å²) in [4.78, 5) is 8.59. The molecule has 148 valence electrons. The molecule has 3 N–H and O–H groups in total. The SMILES string of the molecule is C=CC([O-])=Nc1ccc2c(c1)c(C)cn2C1=C(Cl)NNC(Nc2cnn(C)c2)=N1. The summed E-state index contributed by atoms with van der Waals surface area (Å²) in [5.74, 6) is 0.604. The molecule has 0 unspecified atom stereocenters. The van der Waals surface area contributed by atoms with Crippen molar-refractivity contribution in [1.29, 1.82) is 0 Å². The van der Waals surface area contributed by atoms with Crippen molar-refractivity contribution in [2.24, 2.45) is 17.0 Å². The second-order valence-electron chi connectivity index (χ2n) is 6.41. The molecule has 29 heavy (non-hydrogen) atoms. The summed E-state index contributed by atoms with van der Waals surface area (Å²) in [5, 5.41) is 20.1. The van der Waals surface area contributed by atoms with E-state index in [1.807, 2.05) is 43.1 Å². The number of hydrogen-bond acceptors (Lipinski definition) is 7. The maximum Gasteiger partial charge on any atom is 0.221 e. The average Bonchev–Trinajstić information content (AvgIpc) is 3.26. The first-order valence-electron chi connectivity index (χ1n) is 8.71. The molecular formula is C19H18ClN8O-. The van der Waals surface area contributed by atoms with Gasteiger partial charge in [0.15, 0.2) is 11.0 Å². The van der Waals surface area contributed by atoms with Crippen molar-refractivity contribution in [3.8, 4) is 0 Å². The summed E-state index contributed by atoms with van der Waals surface area (Å²) in [6.45, 7) is 5.41. The van der Waals surface area contributed by atoms with Gasteiger partial charge in [-0.15, -0.1) is 0 Å². The number of aliphatic imine (C=N–C) groups is 2. The van der Waals surface area contributed by atoms with Gasteiger partial charge in [-0.1, -0.05) is 24.3 Å². The minimum atomic E-state index is -0.384. The summed E-state index contributed by atoms with van der Waals surface area (Å²) in [7, 11) is 1.83. The molecule has 4 rings (SSSR count). The second-order valence-corrected chi connectivity index (χ2v) is 6.79. The van der Waals surface area contributed by atoms with E-state index in [1.165, 1.54) is 6.08 Å². The van der Waals surface area contributed by atoms with Gasteiger partial charge in [-0.25, -0.2) is 0 Å². The minimum Gasteiger partial charge on any atom is -0.859 e. The number of hydrogen-bond donors (Lipinski definition) is 3. The molecule has 0 radical (unpaired) electrons. The fourth-order valence-corrected chi connectivity index (χ4v) is 3.18. The molecule has 2 aromatic heterocycles. The Morgan fingerprint density at radius 3 is 2.90 bits per heavy atom. The van der Waals surface area contributed by atoms with Crippen molar-refractivity contribution >= 4 is 51.6 Å². The highest BCUT2D eigenvalue weighted by molar-refractivity contribution is 6.32. The third-order valence-corrected chi connectivity index (χ3v) is 4.57. The Labute approximate surface area is 171 Å². The first-order chi connectivity index (χ1) is 13.9. The fourth-order valence-electron chi connectivity index (χ4n) is 2.99. The van der Waals surface area contributed by atoms with E-state index in [9.17, 15) is 5.11 Å². The van der Waals surface area contributed by atoms with Gasteiger partial charge in [0.05, 0.1) is 23.1 Å². The van der Waals surface area contributed by atoms with Crippen molar-refractivity contribution in [2.75, 3.05) is 5.32 Å². The third-order valence-electron chi connectivity index (χ3n) is 4.30. The fraction of sp³-hybridized carbons (Fsp3) is 0.105. The van der Waals surface area contributed by atoms with E-state index in [0.717, 1.165) is 22.2 Å². The van der Waals surface area contributed by atoms with Crippen LogP contribution in [0.3, 0.4) is 0 Å². The monoisotopic (exact) mass is 409 g/mol. The van der Waals surface area contributed by atoms with Crippen LogP contribution in [0.25, 0.3) is 16.7 Å². The number of anilines is 1. The lowest BCUT2D eigenvalue weighted by molar-refractivity contribution is -0.211. The summed E-state index contributed by atoms with van der Waals surface area (Å²) in [6.07, 6.45) is 6.63. The molecule has 1 aromatic carbocycles. The van der Waals surface area contributed by atoms with E-state index in [0.29, 0.717) is 22.6 Å². The van der Waals surface area contributed by atoms with Gasteiger partial charge in [-0.2, -0.15) is 10.1 Å². The normalized spacial score (nSPS) is 14.4. The van der Waals surface area contributed by atoms with E-state index >= 15 is 0 Å². The molecule has 0 atom stereocenters. The van der Waals surface area contributed by atoms with Crippen LogP contribution in [0.4, 0.5) is 11.4 Å². The van der Waals surface area contributed by atoms with Crippen molar-refractivity contribution in [1.82, 2.24) is 25.2 Å². The van der Waals surface area contributed by atoms with E-state index in [4.69, 9.17) is 11.6 Å². The number of nitrogens with one attached hydrogen (secondary N) is 3. The van der Waals surface area contributed by atoms with Gasteiger partial charge in [0.25, 0.3) is 0 Å². The molecule has 0 saturated carbocycles. The molecule has 1 aliphatic heterocycles. The van der Waals surface area contributed by atoms with Crippen LogP contribution in [0.15, 0.2) is 64.6 Å². The van der Waals surface area contributed by atoms with Crippen molar-refractivity contribution in [3.63, 3.8) is 0 Å². The molecule has 1 aliphatic rings. The van der Waals surface area contributed by atoms with Gasteiger partial charge < -0.3 is 10.4 Å². The van der Waals surface area contributed by atoms with Gasteiger partial charge in [-0.3, -0.25) is 25.1 Å². The number of aryl methyl sites for hydroxylation is 2. The van der Waals surface area contributed by atoms with Crippen molar-refractivity contribution in [3.05, 3.63) is 60.2 Å². The standard InChI is InChI=1S/C19H19ClN8O/c1-4-16(29)22-12-5-6-15-14(7-12)11(2)9-28(15)18-17(20)25-26-19(24-18)23-13-8-21-27(3)10-13/h4-10,25H,1H2,2-3H3,(H,22,29)(H2,23,24,26)/p-1. The summed E-state index contributed by atoms with van der Waals surface area (Å²) < 4.78 is 3.57. The van der Waals surface area contributed by atoms with Gasteiger partial charge in [-0.05, 0) is 36.6 Å². The molecule has 0 spiro atoms. The Morgan fingerprint density at radius 1 is 1.34 bits per heavy atom. The molecular weight excluding hydrogens is 392 g/mol. The van der Waals surface area contributed by atoms with Crippen LogP contribution < -0.4 is 21.3 Å². The Hall–Kier alpha value is -3.72. The maximum absolute atomic E-state index is 11.5. The lowest BCUT2D eigenvalue weighted by Gasteiger charge is -2.20. The predicted molar refractivity (Wildman–Crippen MR) is 114 cm³/mol. The molecule has 10 heteroatoms. The van der Waals surface area contributed by atoms with Crippen LogP contribution in [0.5, 0.6) is 0 Å². The molecule has 3 heterocycles. The summed E-state index contributed by atoms with van der Waals surface area (Å²) >= 11 is 6.38. The van der Waals surface area contributed by atoms with Crippen molar-refractivity contribution < 1.29 is 5.11 Å². The Morgan fingerprint density at radius 2 is 2.17 bits per heavy atom. The zero-order chi connectivity index (χ0) is 20.5. The predicted octanol–water partition coefficient (Wildman–Crippen LogP) is 2.16. The number of aromatic nitrogens is 3. The van der Waals surface area contributed by atoms with Crippen LogP contribution in [0.2, 0.25) is 0 Å². The summed E-state index contributed by atoms with van der Waals surface area (Å²) in [6, 6.07) is 5.49. The molecule has 0 amide bonds. The topological polar surface area (TPSA) is 107 Å². The van der Waals surface area contributed by atoms with Gasteiger partial charge >= 0.3 is 0 Å². The van der Waals surface area contributed by atoms with Crippen LogP contribution in [0, 0.1) is 6.92 Å². The summed E-state index contributed by atoms with van der Waals surface area (Å²) in [5.41, 5.74) is 9.04. The van der Waals surface area contributed by atoms with Gasteiger partial charge in [0.1, 0.15) is 0 Å². The van der Waals surface area contributed by atoms with Crippen LogP contribution in [-0.4, -0.2) is 26.2 Å².